The van der Waals surface area contributed by atoms with Gasteiger partial charge in [0.15, 0.2) is 0 Å². The predicted molar refractivity (Wildman–Crippen MR) is 72.8 cm³/mol. The molecule has 1 N–H and O–H groups in total. The third-order valence-electron chi connectivity index (χ3n) is 3.51. The molecule has 0 radical (unpaired) electrons. The number of rotatable bonds is 6. The van der Waals surface area contributed by atoms with Crippen LogP contribution >= 0.6 is 0 Å². The van der Waals surface area contributed by atoms with Crippen molar-refractivity contribution in [2.75, 3.05) is 26.2 Å². The number of nitrogens with zero attached hydrogens (tertiary/aromatic N) is 2. The minimum atomic E-state index is 0.0186. The molecule has 1 aromatic heterocycles. The van der Waals surface area contributed by atoms with Crippen molar-refractivity contribution < 1.29 is 9.32 Å². The van der Waals surface area contributed by atoms with Crippen molar-refractivity contribution in [3.63, 3.8) is 0 Å². The Labute approximate surface area is 114 Å². The Morgan fingerprint density at radius 3 is 3.16 bits per heavy atom. The lowest BCUT2D eigenvalue weighted by molar-refractivity contribution is -0.120. The third kappa shape index (κ3) is 4.35. The van der Waals surface area contributed by atoms with Gasteiger partial charge in [0.05, 0.1) is 12.1 Å². The van der Waals surface area contributed by atoms with Crippen molar-refractivity contribution in [2.45, 2.75) is 33.1 Å². The molecule has 1 atom stereocenters. The monoisotopic (exact) mass is 265 g/mol. The van der Waals surface area contributed by atoms with E-state index >= 15 is 0 Å². The van der Waals surface area contributed by atoms with Crippen LogP contribution in [-0.4, -0.2) is 42.1 Å². The molecule has 1 aliphatic rings. The SMILES string of the molecule is CCCN1CC[C@@H](CNC(=O)Cc2cc(C)no2)C1. The van der Waals surface area contributed by atoms with E-state index in [0.717, 1.165) is 25.3 Å². The molecule has 0 bridgehead atoms. The average molecular weight is 265 g/mol. The number of hydrogen-bond donors (Lipinski definition) is 1. The zero-order chi connectivity index (χ0) is 13.7. The number of carbonyl (C=O) groups excluding carboxylic acids is 1. The molecule has 1 aromatic rings. The van der Waals surface area contributed by atoms with E-state index in [9.17, 15) is 4.79 Å². The highest BCUT2D eigenvalue weighted by Gasteiger charge is 2.22. The number of likely N-dealkylation sites (tertiary alicyclic amines) is 1. The quantitative estimate of drug-likeness (QED) is 0.844. The Morgan fingerprint density at radius 2 is 2.47 bits per heavy atom. The van der Waals surface area contributed by atoms with Crippen LogP contribution in [0.5, 0.6) is 0 Å². The number of aryl methyl sites for hydroxylation is 1. The minimum Gasteiger partial charge on any atom is -0.361 e. The van der Waals surface area contributed by atoms with Crippen LogP contribution in [0.4, 0.5) is 0 Å². The van der Waals surface area contributed by atoms with Gasteiger partial charge in [0.1, 0.15) is 5.76 Å². The van der Waals surface area contributed by atoms with Crippen LogP contribution in [0.2, 0.25) is 0 Å². The summed E-state index contributed by atoms with van der Waals surface area (Å²) in [6, 6.07) is 1.80. The molecule has 2 heterocycles. The van der Waals surface area contributed by atoms with Gasteiger partial charge in [0, 0.05) is 19.2 Å². The van der Waals surface area contributed by atoms with E-state index in [-0.39, 0.29) is 12.3 Å². The third-order valence-corrected chi connectivity index (χ3v) is 3.51. The summed E-state index contributed by atoms with van der Waals surface area (Å²) in [6.07, 6.45) is 2.66. The molecule has 1 fully saturated rings. The summed E-state index contributed by atoms with van der Waals surface area (Å²) in [6.45, 7) is 8.26. The van der Waals surface area contributed by atoms with Crippen LogP contribution in [0.1, 0.15) is 31.2 Å². The van der Waals surface area contributed by atoms with Crippen LogP contribution in [0.25, 0.3) is 0 Å². The second-order valence-corrected chi connectivity index (χ2v) is 5.37. The van der Waals surface area contributed by atoms with Gasteiger partial charge in [0.25, 0.3) is 0 Å². The fourth-order valence-electron chi connectivity index (χ4n) is 2.58. The van der Waals surface area contributed by atoms with Crippen molar-refractivity contribution in [1.82, 2.24) is 15.4 Å². The highest BCUT2D eigenvalue weighted by Crippen LogP contribution is 2.15. The van der Waals surface area contributed by atoms with Crippen LogP contribution in [0.3, 0.4) is 0 Å². The summed E-state index contributed by atoms with van der Waals surface area (Å²) in [5, 5.41) is 6.77. The molecule has 5 nitrogen and oxygen atoms in total. The number of hydrogen-bond acceptors (Lipinski definition) is 4. The maximum absolute atomic E-state index is 11.8. The van der Waals surface area contributed by atoms with E-state index in [4.69, 9.17) is 4.52 Å². The van der Waals surface area contributed by atoms with Gasteiger partial charge in [-0.05, 0) is 38.8 Å². The summed E-state index contributed by atoms with van der Waals surface area (Å²) >= 11 is 0. The lowest BCUT2D eigenvalue weighted by atomic mass is 10.1. The van der Waals surface area contributed by atoms with Gasteiger partial charge < -0.3 is 14.7 Å². The maximum atomic E-state index is 11.8. The Balaban J connectivity index is 1.67. The number of nitrogens with one attached hydrogen (secondary N) is 1. The topological polar surface area (TPSA) is 58.4 Å². The molecule has 0 saturated carbocycles. The van der Waals surface area contributed by atoms with Gasteiger partial charge >= 0.3 is 0 Å². The lowest BCUT2D eigenvalue weighted by Gasteiger charge is -2.14. The molecular formula is C14H23N3O2. The minimum absolute atomic E-state index is 0.0186. The van der Waals surface area contributed by atoms with Crippen LogP contribution in [-0.2, 0) is 11.2 Å². The second kappa shape index (κ2) is 6.70. The highest BCUT2D eigenvalue weighted by atomic mass is 16.5. The molecular weight excluding hydrogens is 242 g/mol. The van der Waals surface area contributed by atoms with Gasteiger partial charge in [-0.3, -0.25) is 4.79 Å². The van der Waals surface area contributed by atoms with Gasteiger partial charge in [-0.25, -0.2) is 0 Å². The maximum Gasteiger partial charge on any atom is 0.227 e. The molecule has 0 spiro atoms. The number of amides is 1. The summed E-state index contributed by atoms with van der Waals surface area (Å²) in [4.78, 5) is 14.2. The first kappa shape index (κ1) is 14.1. The first-order valence-electron chi connectivity index (χ1n) is 7.08. The summed E-state index contributed by atoms with van der Waals surface area (Å²) in [5.74, 6) is 1.24. The molecule has 1 aliphatic heterocycles. The largest absolute Gasteiger partial charge is 0.361 e. The van der Waals surface area contributed by atoms with Gasteiger partial charge in [-0.15, -0.1) is 0 Å². The Kier molecular flexibility index (Phi) is 4.96. The first-order valence-corrected chi connectivity index (χ1v) is 7.08. The van der Waals surface area contributed by atoms with Crippen LogP contribution in [0.15, 0.2) is 10.6 Å². The number of carbonyl (C=O) groups is 1. The van der Waals surface area contributed by atoms with E-state index in [2.05, 4.69) is 22.3 Å². The zero-order valence-corrected chi connectivity index (χ0v) is 11.8. The normalized spacial score (nSPS) is 19.8. The molecule has 0 unspecified atom stereocenters. The molecule has 1 saturated heterocycles. The smallest absolute Gasteiger partial charge is 0.227 e. The molecule has 2 rings (SSSR count). The van der Waals surface area contributed by atoms with Crippen molar-refractivity contribution in [1.29, 1.82) is 0 Å². The zero-order valence-electron chi connectivity index (χ0n) is 11.8. The molecule has 0 aliphatic carbocycles. The molecule has 106 valence electrons. The van der Waals surface area contributed by atoms with E-state index < -0.39 is 0 Å². The van der Waals surface area contributed by atoms with Crippen molar-refractivity contribution in [3.8, 4) is 0 Å². The van der Waals surface area contributed by atoms with Crippen molar-refractivity contribution in [3.05, 3.63) is 17.5 Å². The van der Waals surface area contributed by atoms with Crippen molar-refractivity contribution in [2.24, 2.45) is 5.92 Å². The summed E-state index contributed by atoms with van der Waals surface area (Å²) in [5.41, 5.74) is 0.814. The molecule has 19 heavy (non-hydrogen) atoms. The fraction of sp³-hybridized carbons (Fsp3) is 0.714. The standard InChI is InChI=1S/C14H23N3O2/c1-3-5-17-6-4-12(10-17)9-15-14(18)8-13-7-11(2)16-19-13/h7,12H,3-6,8-10H2,1-2H3,(H,15,18)/t12-/m0/s1. The van der Waals surface area contributed by atoms with E-state index in [1.165, 1.54) is 19.4 Å². The Hall–Kier alpha value is -1.36. The summed E-state index contributed by atoms with van der Waals surface area (Å²) < 4.78 is 5.04. The Bertz CT molecular complexity index is 417. The highest BCUT2D eigenvalue weighted by molar-refractivity contribution is 5.77. The van der Waals surface area contributed by atoms with E-state index in [1.54, 1.807) is 6.07 Å². The van der Waals surface area contributed by atoms with Gasteiger partial charge in [-0.2, -0.15) is 0 Å². The molecule has 5 heteroatoms. The lowest BCUT2D eigenvalue weighted by Crippen LogP contribution is -2.32. The van der Waals surface area contributed by atoms with Crippen LogP contribution < -0.4 is 5.32 Å². The first-order chi connectivity index (χ1) is 9.17. The predicted octanol–water partition coefficient (Wildman–Crippen LogP) is 1.37. The molecule has 1 amide bonds. The van der Waals surface area contributed by atoms with Crippen LogP contribution in [0, 0.1) is 12.8 Å². The van der Waals surface area contributed by atoms with Gasteiger partial charge in [0.2, 0.25) is 5.91 Å². The second-order valence-electron chi connectivity index (χ2n) is 5.37. The van der Waals surface area contributed by atoms with Crippen molar-refractivity contribution >= 4 is 5.91 Å². The van der Waals surface area contributed by atoms with Gasteiger partial charge in [-0.1, -0.05) is 12.1 Å². The Morgan fingerprint density at radius 1 is 1.63 bits per heavy atom. The summed E-state index contributed by atoms with van der Waals surface area (Å²) in [7, 11) is 0. The fourth-order valence-corrected chi connectivity index (χ4v) is 2.58. The number of aromatic nitrogens is 1. The van der Waals surface area contributed by atoms with E-state index in [1.807, 2.05) is 6.92 Å². The molecule has 0 aromatic carbocycles. The average Bonchev–Trinajstić information content (AvgIpc) is 2.97. The van der Waals surface area contributed by atoms with E-state index in [0.29, 0.717) is 11.7 Å².